The molecular weight excluding hydrogens is 302 g/mol. The number of carbonyl (C=O) groups is 1. The maximum Gasteiger partial charge on any atom is 0.223 e. The summed E-state index contributed by atoms with van der Waals surface area (Å²) in [6.07, 6.45) is 2.60. The highest BCUT2D eigenvalue weighted by Crippen LogP contribution is 2.26. The molecule has 104 valence electrons. The first-order valence-electron chi connectivity index (χ1n) is 7.03. The number of hydrogen-bond donors (Lipinski definition) is 0. The van der Waals surface area contributed by atoms with Gasteiger partial charge in [-0.2, -0.15) is 0 Å². The van der Waals surface area contributed by atoms with E-state index < -0.39 is 0 Å². The van der Waals surface area contributed by atoms with Crippen LogP contribution in [0.5, 0.6) is 0 Å². The van der Waals surface area contributed by atoms with Gasteiger partial charge in [0.1, 0.15) is 0 Å². The molecule has 0 spiro atoms. The average Bonchev–Trinajstić information content (AvgIpc) is 2.77. The quantitative estimate of drug-likeness (QED) is 0.776. The second kappa shape index (κ2) is 6.56. The Balaban J connectivity index is 1.91. The van der Waals surface area contributed by atoms with E-state index in [0.29, 0.717) is 24.3 Å². The Bertz CT molecular complexity index is 446. The Morgan fingerprint density at radius 1 is 1.47 bits per heavy atom. The van der Waals surface area contributed by atoms with E-state index in [1.807, 2.05) is 0 Å². The van der Waals surface area contributed by atoms with Crippen LogP contribution in [0.3, 0.4) is 0 Å². The molecule has 2 atom stereocenters. The third-order valence-electron chi connectivity index (χ3n) is 4.07. The molecule has 0 bridgehead atoms. The molecule has 1 amide bonds. The highest BCUT2D eigenvalue weighted by molar-refractivity contribution is 9.09. The van der Waals surface area contributed by atoms with E-state index in [0.717, 1.165) is 24.7 Å². The minimum Gasteiger partial charge on any atom is -0.339 e. The Morgan fingerprint density at radius 2 is 2.26 bits per heavy atom. The minimum atomic E-state index is 0.301. The molecule has 2 nitrogen and oxygen atoms in total. The molecule has 1 fully saturated rings. The Kier molecular flexibility index (Phi) is 5.03. The first-order chi connectivity index (χ1) is 9.11. The van der Waals surface area contributed by atoms with Gasteiger partial charge in [0.2, 0.25) is 5.91 Å². The molecule has 1 saturated heterocycles. The predicted molar refractivity (Wildman–Crippen MR) is 82.6 cm³/mol. The zero-order valence-corrected chi connectivity index (χ0v) is 13.3. The Hall–Kier alpha value is -0.830. The van der Waals surface area contributed by atoms with E-state index in [1.165, 1.54) is 11.1 Å². The van der Waals surface area contributed by atoms with Gasteiger partial charge >= 0.3 is 0 Å². The van der Waals surface area contributed by atoms with Crippen molar-refractivity contribution >= 4 is 21.8 Å². The van der Waals surface area contributed by atoms with E-state index in [2.05, 4.69) is 58.9 Å². The topological polar surface area (TPSA) is 20.3 Å². The van der Waals surface area contributed by atoms with Crippen molar-refractivity contribution in [3.8, 4) is 0 Å². The lowest BCUT2D eigenvalue weighted by Crippen LogP contribution is -2.38. The monoisotopic (exact) mass is 323 g/mol. The molecule has 0 radical (unpaired) electrons. The molecule has 1 heterocycles. The molecule has 1 aromatic carbocycles. The molecule has 19 heavy (non-hydrogen) atoms. The lowest BCUT2D eigenvalue weighted by molar-refractivity contribution is -0.131. The van der Waals surface area contributed by atoms with Crippen LogP contribution in [0.15, 0.2) is 24.3 Å². The number of benzene rings is 1. The molecule has 0 saturated carbocycles. The van der Waals surface area contributed by atoms with Crippen LogP contribution in [0.4, 0.5) is 0 Å². The van der Waals surface area contributed by atoms with Crippen molar-refractivity contribution in [3.05, 3.63) is 35.4 Å². The fourth-order valence-corrected chi connectivity index (χ4v) is 3.80. The molecule has 0 N–H and O–H groups in total. The van der Waals surface area contributed by atoms with Gasteiger partial charge in [-0.15, -0.1) is 0 Å². The molecule has 1 aromatic rings. The maximum absolute atomic E-state index is 12.3. The molecule has 1 aliphatic rings. The van der Waals surface area contributed by atoms with Crippen LogP contribution in [-0.2, 0) is 11.2 Å². The number of likely N-dealkylation sites (tertiary alicyclic amines) is 1. The molecule has 0 aromatic heterocycles. The standard InChI is InChI=1S/C16H22BrNO/c1-12-4-3-5-14(10-12)6-7-16(19)18-9-8-13(2)15(18)11-17/h3-5,10,13,15H,6-9,11H2,1-2H3. The van der Waals surface area contributed by atoms with Gasteiger partial charge in [0, 0.05) is 24.3 Å². The number of aryl methyl sites for hydroxylation is 2. The van der Waals surface area contributed by atoms with Crippen LogP contribution in [0, 0.1) is 12.8 Å². The van der Waals surface area contributed by atoms with Crippen molar-refractivity contribution in [2.24, 2.45) is 5.92 Å². The van der Waals surface area contributed by atoms with Crippen molar-refractivity contribution in [2.45, 2.75) is 39.2 Å². The molecule has 2 rings (SSSR count). The number of hydrogen-bond acceptors (Lipinski definition) is 1. The summed E-state index contributed by atoms with van der Waals surface area (Å²) in [6.45, 7) is 5.25. The largest absolute Gasteiger partial charge is 0.339 e. The molecule has 1 aliphatic heterocycles. The van der Waals surface area contributed by atoms with Crippen LogP contribution in [0.1, 0.15) is 30.9 Å². The first kappa shape index (κ1) is 14.6. The Morgan fingerprint density at radius 3 is 2.95 bits per heavy atom. The molecule has 2 unspecified atom stereocenters. The van der Waals surface area contributed by atoms with Crippen molar-refractivity contribution in [3.63, 3.8) is 0 Å². The average molecular weight is 324 g/mol. The van der Waals surface area contributed by atoms with Crippen molar-refractivity contribution in [1.82, 2.24) is 4.90 Å². The van der Waals surface area contributed by atoms with Crippen LogP contribution in [0.25, 0.3) is 0 Å². The second-order valence-corrected chi connectivity index (χ2v) is 6.21. The summed E-state index contributed by atoms with van der Waals surface area (Å²) in [4.78, 5) is 14.4. The van der Waals surface area contributed by atoms with Crippen LogP contribution in [-0.4, -0.2) is 28.7 Å². The number of rotatable bonds is 4. The highest BCUT2D eigenvalue weighted by Gasteiger charge is 2.32. The van der Waals surface area contributed by atoms with Crippen LogP contribution in [0.2, 0.25) is 0 Å². The molecule has 0 aliphatic carbocycles. The third kappa shape index (κ3) is 3.59. The SMILES string of the molecule is Cc1cccc(CCC(=O)N2CCC(C)C2CBr)c1. The van der Waals surface area contributed by atoms with Crippen LogP contribution < -0.4 is 0 Å². The van der Waals surface area contributed by atoms with Gasteiger partial charge in [0.05, 0.1) is 0 Å². The summed E-state index contributed by atoms with van der Waals surface area (Å²) in [5.41, 5.74) is 2.52. The van der Waals surface area contributed by atoms with Gasteiger partial charge in [-0.25, -0.2) is 0 Å². The fourth-order valence-electron chi connectivity index (χ4n) is 2.82. The first-order valence-corrected chi connectivity index (χ1v) is 8.15. The fraction of sp³-hybridized carbons (Fsp3) is 0.562. The van der Waals surface area contributed by atoms with Crippen molar-refractivity contribution < 1.29 is 4.79 Å². The van der Waals surface area contributed by atoms with E-state index in [-0.39, 0.29) is 0 Å². The van der Waals surface area contributed by atoms with Crippen molar-refractivity contribution in [2.75, 3.05) is 11.9 Å². The maximum atomic E-state index is 12.3. The molecular formula is C16H22BrNO. The van der Waals surface area contributed by atoms with Gasteiger partial charge < -0.3 is 4.90 Å². The number of amides is 1. The molecule has 3 heteroatoms. The van der Waals surface area contributed by atoms with E-state index in [1.54, 1.807) is 0 Å². The summed E-state index contributed by atoms with van der Waals surface area (Å²) < 4.78 is 0. The van der Waals surface area contributed by atoms with Crippen molar-refractivity contribution in [1.29, 1.82) is 0 Å². The lowest BCUT2D eigenvalue weighted by Gasteiger charge is -2.25. The van der Waals surface area contributed by atoms with Gasteiger partial charge in [0.15, 0.2) is 0 Å². The summed E-state index contributed by atoms with van der Waals surface area (Å²) in [7, 11) is 0. The summed E-state index contributed by atoms with van der Waals surface area (Å²) in [5, 5.41) is 0.893. The normalized spacial score (nSPS) is 22.8. The number of nitrogens with zero attached hydrogens (tertiary/aromatic N) is 1. The number of alkyl halides is 1. The third-order valence-corrected chi connectivity index (χ3v) is 4.73. The highest BCUT2D eigenvalue weighted by atomic mass is 79.9. The summed E-state index contributed by atoms with van der Waals surface area (Å²) in [6, 6.07) is 8.81. The van der Waals surface area contributed by atoms with E-state index >= 15 is 0 Å². The zero-order valence-electron chi connectivity index (χ0n) is 11.7. The van der Waals surface area contributed by atoms with Gasteiger partial charge in [0.25, 0.3) is 0 Å². The minimum absolute atomic E-state index is 0.301. The lowest BCUT2D eigenvalue weighted by atomic mass is 10.0. The number of halogens is 1. The second-order valence-electron chi connectivity index (χ2n) is 5.56. The van der Waals surface area contributed by atoms with Gasteiger partial charge in [-0.05, 0) is 31.2 Å². The van der Waals surface area contributed by atoms with Gasteiger partial charge in [-0.3, -0.25) is 4.79 Å². The van der Waals surface area contributed by atoms with Gasteiger partial charge in [-0.1, -0.05) is 52.7 Å². The van der Waals surface area contributed by atoms with E-state index in [4.69, 9.17) is 0 Å². The summed E-state index contributed by atoms with van der Waals surface area (Å²) >= 11 is 3.54. The summed E-state index contributed by atoms with van der Waals surface area (Å²) in [5.74, 6) is 0.914. The predicted octanol–water partition coefficient (Wildman–Crippen LogP) is 3.56. The smallest absolute Gasteiger partial charge is 0.223 e. The zero-order chi connectivity index (χ0) is 13.8. The van der Waals surface area contributed by atoms with Crippen LogP contribution >= 0.6 is 15.9 Å². The van der Waals surface area contributed by atoms with E-state index in [9.17, 15) is 4.79 Å². The Labute approximate surface area is 124 Å². The number of carbonyl (C=O) groups excluding carboxylic acids is 1.